The molecule has 6 heteroatoms. The van der Waals surface area contributed by atoms with Crippen LogP contribution < -0.4 is 5.32 Å². The molecule has 1 amide bonds. The van der Waals surface area contributed by atoms with Crippen LogP contribution in [0.2, 0.25) is 5.02 Å². The molecular weight excluding hydrogens is 294 g/mol. The molecule has 0 saturated carbocycles. The molecule has 0 spiro atoms. The number of carboxylic acid groups (broad SMARTS) is 1. The largest absolute Gasteiger partial charge is 0.481 e. The average Bonchev–Trinajstić information content (AvgIpc) is 2.94. The van der Waals surface area contributed by atoms with Crippen LogP contribution in [0.5, 0.6) is 0 Å². The van der Waals surface area contributed by atoms with E-state index in [0.717, 1.165) is 0 Å². The molecule has 2 N–H and O–H groups in total. The molecule has 2 heterocycles. The van der Waals surface area contributed by atoms with Crippen LogP contribution in [0.1, 0.15) is 6.92 Å². The van der Waals surface area contributed by atoms with Gasteiger partial charge in [-0.15, -0.1) is 0 Å². The summed E-state index contributed by atoms with van der Waals surface area (Å²) in [6.45, 7) is 1.73. The van der Waals surface area contributed by atoms with Crippen LogP contribution >= 0.6 is 11.6 Å². The summed E-state index contributed by atoms with van der Waals surface area (Å²) in [6, 6.07) is 6.65. The summed E-state index contributed by atoms with van der Waals surface area (Å²) in [6.07, 6.45) is 2.93. The van der Waals surface area contributed by atoms with Crippen LogP contribution in [0.3, 0.4) is 0 Å². The van der Waals surface area contributed by atoms with Crippen LogP contribution in [-0.2, 0) is 14.3 Å². The molecule has 2 aliphatic heterocycles. The van der Waals surface area contributed by atoms with E-state index in [1.165, 1.54) is 0 Å². The van der Waals surface area contributed by atoms with Crippen molar-refractivity contribution in [2.75, 3.05) is 5.32 Å². The number of carbonyl (C=O) groups is 2. The number of aliphatic carboxylic acids is 1. The number of halogens is 1. The number of rotatable bonds is 3. The van der Waals surface area contributed by atoms with Gasteiger partial charge in [0.15, 0.2) is 0 Å². The number of benzene rings is 1. The summed E-state index contributed by atoms with van der Waals surface area (Å²) in [5.41, 5.74) is -0.298. The minimum Gasteiger partial charge on any atom is -0.481 e. The van der Waals surface area contributed by atoms with Crippen LogP contribution in [0.25, 0.3) is 0 Å². The highest BCUT2D eigenvalue weighted by Crippen LogP contribution is 2.47. The number of nitrogens with one attached hydrogen (secondary N) is 1. The first kappa shape index (κ1) is 14.1. The maximum Gasteiger partial charge on any atom is 0.310 e. The molecule has 21 heavy (non-hydrogen) atoms. The van der Waals surface area contributed by atoms with Crippen LogP contribution in [-0.4, -0.2) is 28.7 Å². The first-order valence-electron chi connectivity index (χ1n) is 6.57. The number of anilines is 1. The summed E-state index contributed by atoms with van der Waals surface area (Å²) in [5.74, 6) is -3.02. The third-order valence-corrected chi connectivity index (χ3v) is 4.27. The Bertz CT molecular complexity index is 627. The predicted octanol–water partition coefficient (Wildman–Crippen LogP) is 2.32. The summed E-state index contributed by atoms with van der Waals surface area (Å²) in [7, 11) is 0. The van der Waals surface area contributed by atoms with Crippen molar-refractivity contribution in [2.24, 2.45) is 11.8 Å². The van der Waals surface area contributed by atoms with Crippen molar-refractivity contribution in [1.29, 1.82) is 0 Å². The van der Waals surface area contributed by atoms with E-state index in [9.17, 15) is 14.7 Å². The van der Waals surface area contributed by atoms with Gasteiger partial charge >= 0.3 is 5.97 Å². The minimum atomic E-state index is -1.02. The van der Waals surface area contributed by atoms with Gasteiger partial charge in [-0.05, 0) is 31.2 Å². The molecule has 3 rings (SSSR count). The monoisotopic (exact) mass is 307 g/mol. The van der Waals surface area contributed by atoms with Gasteiger partial charge in [-0.2, -0.15) is 0 Å². The Balaban J connectivity index is 1.84. The number of fused-ring (bicyclic) bond motifs is 2. The number of hydrogen-bond acceptors (Lipinski definition) is 3. The molecule has 110 valence electrons. The molecule has 1 fully saturated rings. The van der Waals surface area contributed by atoms with Gasteiger partial charge in [0.2, 0.25) is 5.91 Å². The number of ether oxygens (including phenoxy) is 1. The smallest absolute Gasteiger partial charge is 0.310 e. The Hall–Kier alpha value is -1.85. The predicted molar refractivity (Wildman–Crippen MR) is 77.1 cm³/mol. The molecule has 0 unspecified atom stereocenters. The van der Waals surface area contributed by atoms with E-state index < -0.39 is 29.5 Å². The molecular formula is C15H14ClNO4. The first-order valence-corrected chi connectivity index (χ1v) is 6.95. The molecule has 1 saturated heterocycles. The normalized spacial score (nSPS) is 33.1. The highest BCUT2D eigenvalue weighted by atomic mass is 35.5. The van der Waals surface area contributed by atoms with Gasteiger partial charge in [-0.25, -0.2) is 0 Å². The zero-order valence-electron chi connectivity index (χ0n) is 11.2. The van der Waals surface area contributed by atoms with E-state index >= 15 is 0 Å². The molecule has 2 aliphatic rings. The molecule has 1 aromatic carbocycles. The zero-order chi connectivity index (χ0) is 15.2. The quantitative estimate of drug-likeness (QED) is 0.840. The van der Waals surface area contributed by atoms with Gasteiger partial charge in [0.25, 0.3) is 0 Å². The van der Waals surface area contributed by atoms with E-state index in [4.69, 9.17) is 16.3 Å². The Kier molecular flexibility index (Phi) is 3.26. The fourth-order valence-corrected chi connectivity index (χ4v) is 3.16. The van der Waals surface area contributed by atoms with Gasteiger partial charge in [0, 0.05) is 10.7 Å². The van der Waals surface area contributed by atoms with Gasteiger partial charge in [-0.1, -0.05) is 23.8 Å². The summed E-state index contributed by atoms with van der Waals surface area (Å²) < 4.78 is 5.65. The highest BCUT2D eigenvalue weighted by molar-refractivity contribution is 6.30. The first-order chi connectivity index (χ1) is 9.90. The highest BCUT2D eigenvalue weighted by Gasteiger charge is 2.59. The lowest BCUT2D eigenvalue weighted by Crippen LogP contribution is -2.44. The molecule has 4 atom stereocenters. The van der Waals surface area contributed by atoms with E-state index in [1.807, 2.05) is 0 Å². The lowest BCUT2D eigenvalue weighted by Gasteiger charge is -2.27. The maximum atomic E-state index is 12.5. The Morgan fingerprint density at radius 1 is 1.33 bits per heavy atom. The lowest BCUT2D eigenvalue weighted by molar-refractivity contribution is -0.146. The summed E-state index contributed by atoms with van der Waals surface area (Å²) in [4.78, 5) is 23.9. The standard InChI is InChI=1S/C15H14ClNO4/c1-15-7-6-10(21-15)11(14(19)20)12(15)13(18)17-9-4-2-8(16)3-5-9/h2-7,10-12H,1H3,(H,17,18)(H,19,20)/t10-,11-,12+,15+/m1/s1. The van der Waals surface area contributed by atoms with E-state index in [0.29, 0.717) is 10.7 Å². The lowest BCUT2D eigenvalue weighted by atomic mass is 9.75. The number of carboxylic acids is 1. The molecule has 2 bridgehead atoms. The molecule has 0 radical (unpaired) electrons. The van der Waals surface area contributed by atoms with Crippen molar-refractivity contribution < 1.29 is 19.4 Å². The van der Waals surface area contributed by atoms with Gasteiger partial charge in [0.05, 0.1) is 17.6 Å². The SMILES string of the molecule is C[C@@]12C=C[C@@H](O1)[C@@H](C(=O)O)[C@H]2C(=O)Nc1ccc(Cl)cc1. The number of amides is 1. The van der Waals surface area contributed by atoms with E-state index in [-0.39, 0.29) is 5.91 Å². The van der Waals surface area contributed by atoms with E-state index in [1.54, 1.807) is 43.3 Å². The second kappa shape index (κ2) is 4.86. The molecule has 0 aromatic heterocycles. The molecule has 0 aliphatic carbocycles. The van der Waals surface area contributed by atoms with Crippen LogP contribution in [0, 0.1) is 11.8 Å². The fraction of sp³-hybridized carbons (Fsp3) is 0.333. The van der Waals surface area contributed by atoms with Gasteiger partial charge < -0.3 is 15.2 Å². The van der Waals surface area contributed by atoms with Crippen molar-refractivity contribution in [3.05, 3.63) is 41.4 Å². The van der Waals surface area contributed by atoms with Crippen molar-refractivity contribution >= 4 is 29.2 Å². The van der Waals surface area contributed by atoms with Crippen molar-refractivity contribution in [3.63, 3.8) is 0 Å². The fourth-order valence-electron chi connectivity index (χ4n) is 3.03. The molecule has 1 aromatic rings. The van der Waals surface area contributed by atoms with E-state index in [2.05, 4.69) is 5.32 Å². The third kappa shape index (κ3) is 2.32. The van der Waals surface area contributed by atoms with Crippen LogP contribution in [0.15, 0.2) is 36.4 Å². The molecule has 5 nitrogen and oxygen atoms in total. The topological polar surface area (TPSA) is 75.6 Å². The zero-order valence-corrected chi connectivity index (χ0v) is 12.0. The van der Waals surface area contributed by atoms with Crippen molar-refractivity contribution in [1.82, 2.24) is 0 Å². The van der Waals surface area contributed by atoms with Crippen molar-refractivity contribution in [3.8, 4) is 0 Å². The van der Waals surface area contributed by atoms with Gasteiger partial charge in [-0.3, -0.25) is 9.59 Å². The van der Waals surface area contributed by atoms with Gasteiger partial charge in [0.1, 0.15) is 5.92 Å². The summed E-state index contributed by atoms with van der Waals surface area (Å²) in [5, 5.41) is 12.7. The third-order valence-electron chi connectivity index (χ3n) is 4.02. The summed E-state index contributed by atoms with van der Waals surface area (Å²) >= 11 is 5.79. The maximum absolute atomic E-state index is 12.5. The second-order valence-electron chi connectivity index (χ2n) is 5.46. The Morgan fingerprint density at radius 2 is 2.00 bits per heavy atom. The minimum absolute atomic E-state index is 0.362. The second-order valence-corrected chi connectivity index (χ2v) is 5.90. The average molecular weight is 308 g/mol. The Labute approximate surface area is 126 Å². The van der Waals surface area contributed by atoms with Crippen molar-refractivity contribution in [2.45, 2.75) is 18.6 Å². The number of hydrogen-bond donors (Lipinski definition) is 2. The number of carbonyl (C=O) groups excluding carboxylic acids is 1. The van der Waals surface area contributed by atoms with Crippen LogP contribution in [0.4, 0.5) is 5.69 Å². The Morgan fingerprint density at radius 3 is 2.62 bits per heavy atom.